The maximum atomic E-state index is 12.0. The van der Waals surface area contributed by atoms with Crippen molar-refractivity contribution in [1.29, 1.82) is 0 Å². The quantitative estimate of drug-likeness (QED) is 0.794. The van der Waals surface area contributed by atoms with Crippen molar-refractivity contribution in [2.75, 3.05) is 23.8 Å². The van der Waals surface area contributed by atoms with E-state index >= 15 is 0 Å². The van der Waals surface area contributed by atoms with Crippen LogP contribution >= 0.6 is 15.9 Å². The van der Waals surface area contributed by atoms with Gasteiger partial charge in [0.1, 0.15) is 0 Å². The Kier molecular flexibility index (Phi) is 2.70. The summed E-state index contributed by atoms with van der Waals surface area (Å²) in [5, 5.41) is 2.97. The molecule has 1 aliphatic rings. The Morgan fingerprint density at radius 2 is 2.12 bits per heavy atom. The second-order valence-corrected chi connectivity index (χ2v) is 5.77. The van der Waals surface area contributed by atoms with Crippen molar-refractivity contribution in [3.8, 4) is 0 Å². The highest BCUT2D eigenvalue weighted by atomic mass is 79.9. The third kappa shape index (κ3) is 1.94. The fourth-order valence-corrected chi connectivity index (χ4v) is 2.32. The Morgan fingerprint density at radius 3 is 2.81 bits per heavy atom. The predicted molar refractivity (Wildman–Crippen MR) is 69.8 cm³/mol. The number of hydrogen-bond donors (Lipinski definition) is 1. The van der Waals surface area contributed by atoms with E-state index in [4.69, 9.17) is 0 Å². The molecule has 1 N–H and O–H groups in total. The van der Waals surface area contributed by atoms with E-state index in [-0.39, 0.29) is 11.3 Å². The molecule has 86 valence electrons. The van der Waals surface area contributed by atoms with Crippen molar-refractivity contribution in [1.82, 2.24) is 0 Å². The average molecular weight is 283 g/mol. The van der Waals surface area contributed by atoms with Gasteiger partial charge in [-0.1, -0.05) is 15.9 Å². The molecule has 1 amide bonds. The minimum Gasteiger partial charge on any atom is -0.372 e. The third-order valence-electron chi connectivity index (χ3n) is 2.87. The Morgan fingerprint density at radius 1 is 1.44 bits per heavy atom. The molecule has 0 saturated heterocycles. The zero-order chi connectivity index (χ0) is 11.9. The molecular weight excluding hydrogens is 268 g/mol. The van der Waals surface area contributed by atoms with Crippen molar-refractivity contribution in [3.05, 3.63) is 22.7 Å². The van der Waals surface area contributed by atoms with E-state index in [1.165, 1.54) is 0 Å². The highest BCUT2D eigenvalue weighted by Gasteiger charge is 2.33. The molecule has 0 bridgehead atoms. The number of hydrogen-bond acceptors (Lipinski definition) is 2. The maximum absolute atomic E-state index is 12.0. The van der Waals surface area contributed by atoms with Crippen LogP contribution in [-0.2, 0) is 4.79 Å². The van der Waals surface area contributed by atoms with E-state index in [0.717, 1.165) is 15.8 Å². The summed E-state index contributed by atoms with van der Waals surface area (Å²) in [5.74, 6) is 0.0698. The molecule has 0 spiro atoms. The molecule has 2 rings (SSSR count). The van der Waals surface area contributed by atoms with Gasteiger partial charge in [-0.25, -0.2) is 0 Å². The van der Waals surface area contributed by atoms with Crippen LogP contribution in [-0.4, -0.2) is 19.5 Å². The molecule has 0 fully saturated rings. The predicted octanol–water partition coefficient (Wildman–Crippen LogP) is 2.86. The van der Waals surface area contributed by atoms with Crippen LogP contribution in [0.15, 0.2) is 22.7 Å². The van der Waals surface area contributed by atoms with Gasteiger partial charge in [-0.15, -0.1) is 0 Å². The third-order valence-corrected chi connectivity index (χ3v) is 3.36. The number of nitrogens with one attached hydrogen (secondary N) is 1. The van der Waals surface area contributed by atoms with E-state index in [2.05, 4.69) is 26.1 Å². The van der Waals surface area contributed by atoms with Gasteiger partial charge in [0, 0.05) is 18.1 Å². The molecule has 1 heterocycles. The Bertz CT molecular complexity index is 443. The standard InChI is InChI=1S/C12H15BrN2O/c1-12(2)7-15(3)10-6-8(13)4-5-9(10)14-11(12)16/h4-6H,7H2,1-3H3,(H,14,16). The van der Waals surface area contributed by atoms with E-state index < -0.39 is 0 Å². The Balaban J connectivity index is 2.49. The first-order chi connectivity index (χ1) is 7.40. The second kappa shape index (κ2) is 3.77. The highest BCUT2D eigenvalue weighted by molar-refractivity contribution is 9.10. The summed E-state index contributed by atoms with van der Waals surface area (Å²) in [6.07, 6.45) is 0. The first-order valence-corrected chi connectivity index (χ1v) is 6.01. The molecular formula is C12H15BrN2O. The van der Waals surface area contributed by atoms with E-state index in [9.17, 15) is 4.79 Å². The minimum absolute atomic E-state index is 0.0698. The molecule has 1 aromatic rings. The van der Waals surface area contributed by atoms with E-state index in [0.29, 0.717) is 6.54 Å². The number of carbonyl (C=O) groups is 1. The molecule has 3 nitrogen and oxygen atoms in total. The van der Waals surface area contributed by atoms with Crippen LogP contribution in [0.25, 0.3) is 0 Å². The number of nitrogens with zero attached hydrogens (tertiary/aromatic N) is 1. The van der Waals surface area contributed by atoms with Gasteiger partial charge in [-0.3, -0.25) is 4.79 Å². The molecule has 0 aliphatic carbocycles. The van der Waals surface area contributed by atoms with Crippen LogP contribution in [0.3, 0.4) is 0 Å². The molecule has 0 unspecified atom stereocenters. The number of rotatable bonds is 0. The number of carbonyl (C=O) groups excluding carboxylic acids is 1. The average Bonchev–Trinajstić information content (AvgIpc) is 2.26. The monoisotopic (exact) mass is 282 g/mol. The number of fused-ring (bicyclic) bond motifs is 1. The second-order valence-electron chi connectivity index (χ2n) is 4.86. The Labute approximate surface area is 104 Å². The fraction of sp³-hybridized carbons (Fsp3) is 0.417. The maximum Gasteiger partial charge on any atom is 0.231 e. The van der Waals surface area contributed by atoms with Crippen molar-refractivity contribution in [2.24, 2.45) is 5.41 Å². The van der Waals surface area contributed by atoms with Crippen molar-refractivity contribution >= 4 is 33.2 Å². The first-order valence-electron chi connectivity index (χ1n) is 5.22. The fourth-order valence-electron chi connectivity index (χ4n) is 1.97. The number of benzene rings is 1. The van der Waals surface area contributed by atoms with Crippen LogP contribution in [0, 0.1) is 5.41 Å². The summed E-state index contributed by atoms with van der Waals surface area (Å²) >= 11 is 3.45. The minimum atomic E-state index is -0.375. The summed E-state index contributed by atoms with van der Waals surface area (Å²) in [6.45, 7) is 4.63. The molecule has 0 aromatic heterocycles. The van der Waals surface area contributed by atoms with Gasteiger partial charge in [0.15, 0.2) is 0 Å². The van der Waals surface area contributed by atoms with Crippen molar-refractivity contribution < 1.29 is 4.79 Å². The van der Waals surface area contributed by atoms with Crippen LogP contribution in [0.4, 0.5) is 11.4 Å². The highest BCUT2D eigenvalue weighted by Crippen LogP contribution is 2.35. The lowest BCUT2D eigenvalue weighted by molar-refractivity contribution is -0.123. The lowest BCUT2D eigenvalue weighted by Crippen LogP contribution is -2.37. The van der Waals surface area contributed by atoms with Gasteiger partial charge in [0.25, 0.3) is 0 Å². The zero-order valence-corrected chi connectivity index (χ0v) is 11.3. The molecule has 0 radical (unpaired) electrons. The van der Waals surface area contributed by atoms with Crippen molar-refractivity contribution in [3.63, 3.8) is 0 Å². The van der Waals surface area contributed by atoms with Gasteiger partial charge in [0.2, 0.25) is 5.91 Å². The van der Waals surface area contributed by atoms with Crippen LogP contribution < -0.4 is 10.2 Å². The van der Waals surface area contributed by atoms with Gasteiger partial charge in [0.05, 0.1) is 16.8 Å². The normalized spacial score (nSPS) is 18.8. The van der Waals surface area contributed by atoms with Crippen LogP contribution in [0.1, 0.15) is 13.8 Å². The lowest BCUT2D eigenvalue weighted by atomic mass is 9.92. The van der Waals surface area contributed by atoms with Crippen LogP contribution in [0.5, 0.6) is 0 Å². The SMILES string of the molecule is CN1CC(C)(C)C(=O)Nc2ccc(Br)cc21. The van der Waals surface area contributed by atoms with Gasteiger partial charge < -0.3 is 10.2 Å². The molecule has 1 aromatic carbocycles. The zero-order valence-electron chi connectivity index (χ0n) is 9.67. The summed E-state index contributed by atoms with van der Waals surface area (Å²) in [5.41, 5.74) is 1.55. The smallest absolute Gasteiger partial charge is 0.231 e. The summed E-state index contributed by atoms with van der Waals surface area (Å²) in [6, 6.07) is 5.89. The summed E-state index contributed by atoms with van der Waals surface area (Å²) in [4.78, 5) is 14.1. The molecule has 0 atom stereocenters. The van der Waals surface area contributed by atoms with E-state index in [1.807, 2.05) is 39.1 Å². The number of halogens is 1. The number of amides is 1. The summed E-state index contributed by atoms with van der Waals surface area (Å²) in [7, 11) is 2.01. The molecule has 1 aliphatic heterocycles. The number of anilines is 2. The van der Waals surface area contributed by atoms with Crippen LogP contribution in [0.2, 0.25) is 0 Å². The molecule has 0 saturated carbocycles. The largest absolute Gasteiger partial charge is 0.372 e. The lowest BCUT2D eigenvalue weighted by Gasteiger charge is -2.26. The first kappa shape index (κ1) is 11.5. The summed E-state index contributed by atoms with van der Waals surface area (Å²) < 4.78 is 1.02. The molecule has 4 heteroatoms. The molecule has 16 heavy (non-hydrogen) atoms. The van der Waals surface area contributed by atoms with Gasteiger partial charge in [-0.05, 0) is 32.0 Å². The Hall–Kier alpha value is -1.03. The van der Waals surface area contributed by atoms with E-state index in [1.54, 1.807) is 0 Å². The van der Waals surface area contributed by atoms with Crippen molar-refractivity contribution in [2.45, 2.75) is 13.8 Å². The van der Waals surface area contributed by atoms with Gasteiger partial charge in [-0.2, -0.15) is 0 Å². The van der Waals surface area contributed by atoms with Gasteiger partial charge >= 0.3 is 0 Å². The topological polar surface area (TPSA) is 32.3 Å².